The highest BCUT2D eigenvalue weighted by molar-refractivity contribution is 7.89. The number of piperazine rings is 1. The summed E-state index contributed by atoms with van der Waals surface area (Å²) in [6.45, 7) is 10.6. The van der Waals surface area contributed by atoms with E-state index in [9.17, 15) is 8.42 Å². The Bertz CT molecular complexity index is 1380. The van der Waals surface area contributed by atoms with E-state index in [0.717, 1.165) is 31.9 Å². The number of anilines is 5. The van der Waals surface area contributed by atoms with E-state index in [1.54, 1.807) is 18.2 Å². The molecule has 0 unspecified atom stereocenters. The van der Waals surface area contributed by atoms with Gasteiger partial charge in [0.2, 0.25) is 16.0 Å². The van der Waals surface area contributed by atoms with Crippen LogP contribution in [-0.4, -0.2) is 69.7 Å². The number of halogens is 1. The van der Waals surface area contributed by atoms with Gasteiger partial charge in [0.15, 0.2) is 5.82 Å². The number of sulfonamides is 1. The number of ether oxygens (including phenoxy) is 1. The van der Waals surface area contributed by atoms with Gasteiger partial charge in [0.1, 0.15) is 15.7 Å². The highest BCUT2D eigenvalue weighted by atomic mass is 35.5. The minimum atomic E-state index is -3.74. The van der Waals surface area contributed by atoms with E-state index in [1.165, 1.54) is 12.3 Å². The van der Waals surface area contributed by atoms with Crippen molar-refractivity contribution in [2.24, 2.45) is 5.92 Å². The summed E-state index contributed by atoms with van der Waals surface area (Å²) in [7, 11) is -1.61. The van der Waals surface area contributed by atoms with Crippen LogP contribution in [0.4, 0.5) is 28.8 Å². The Labute approximate surface area is 235 Å². The monoisotopic (exact) mass is 573 g/mol. The molecule has 1 aromatic heterocycles. The van der Waals surface area contributed by atoms with Crippen molar-refractivity contribution in [3.8, 4) is 5.75 Å². The summed E-state index contributed by atoms with van der Waals surface area (Å²) in [5.41, 5.74) is 2.16. The lowest BCUT2D eigenvalue weighted by Crippen LogP contribution is -2.44. The zero-order valence-electron chi connectivity index (χ0n) is 22.7. The number of benzene rings is 2. The molecule has 1 fully saturated rings. The SMILES string of the molecule is CCOc1cc(N2CCN(C)CC2)ccc1Nc1ncc(Cl)c(Nc2ccccc2S(=O)(=O)NCC(C)C)n1. The molecule has 0 aliphatic carbocycles. The molecule has 1 saturated heterocycles. The van der Waals surface area contributed by atoms with Crippen molar-refractivity contribution < 1.29 is 13.2 Å². The van der Waals surface area contributed by atoms with Crippen LogP contribution in [-0.2, 0) is 10.0 Å². The van der Waals surface area contributed by atoms with Gasteiger partial charge in [-0.3, -0.25) is 0 Å². The van der Waals surface area contributed by atoms with Crippen molar-refractivity contribution in [1.29, 1.82) is 0 Å². The molecular formula is C27H36ClN7O3S. The lowest BCUT2D eigenvalue weighted by Gasteiger charge is -2.34. The van der Waals surface area contributed by atoms with E-state index in [4.69, 9.17) is 16.3 Å². The Morgan fingerprint density at radius 3 is 2.51 bits per heavy atom. The average Bonchev–Trinajstić information content (AvgIpc) is 2.91. The standard InChI is InChI=1S/C27H36ClN7O3S/c1-5-38-24-16-20(35-14-12-34(4)13-15-35)10-11-22(24)32-27-29-18-21(28)26(33-27)31-23-8-6-7-9-25(23)39(36,37)30-17-19(2)3/h6-11,16,18-19,30H,5,12-15,17H2,1-4H3,(H2,29,31,32,33). The Morgan fingerprint density at radius 1 is 1.05 bits per heavy atom. The van der Waals surface area contributed by atoms with E-state index < -0.39 is 10.0 Å². The van der Waals surface area contributed by atoms with Gasteiger partial charge < -0.3 is 25.2 Å². The number of likely N-dealkylation sites (N-methyl/N-ethyl adjacent to an activating group) is 1. The van der Waals surface area contributed by atoms with Crippen molar-refractivity contribution in [2.45, 2.75) is 25.7 Å². The Hall–Kier alpha value is -3.12. The summed E-state index contributed by atoms with van der Waals surface area (Å²) in [4.78, 5) is 13.6. The van der Waals surface area contributed by atoms with Crippen LogP contribution in [0.3, 0.4) is 0 Å². The minimum absolute atomic E-state index is 0.105. The second kappa shape index (κ2) is 12.8. The quantitative estimate of drug-likeness (QED) is 0.300. The average molecular weight is 574 g/mol. The first kappa shape index (κ1) is 28.9. The minimum Gasteiger partial charge on any atom is -0.492 e. The summed E-state index contributed by atoms with van der Waals surface area (Å²) >= 11 is 6.40. The Balaban J connectivity index is 1.57. The largest absolute Gasteiger partial charge is 0.492 e. The summed E-state index contributed by atoms with van der Waals surface area (Å²) in [6.07, 6.45) is 1.46. The van der Waals surface area contributed by atoms with E-state index in [2.05, 4.69) is 48.2 Å². The van der Waals surface area contributed by atoms with Gasteiger partial charge in [-0.05, 0) is 44.2 Å². The molecule has 0 atom stereocenters. The number of nitrogens with one attached hydrogen (secondary N) is 3. The number of para-hydroxylation sites is 1. The van der Waals surface area contributed by atoms with Gasteiger partial charge in [-0.2, -0.15) is 4.98 Å². The molecule has 10 nitrogen and oxygen atoms in total. The van der Waals surface area contributed by atoms with Crippen LogP contribution in [0, 0.1) is 5.92 Å². The predicted molar refractivity (Wildman–Crippen MR) is 157 cm³/mol. The molecule has 2 heterocycles. The van der Waals surface area contributed by atoms with Gasteiger partial charge in [-0.15, -0.1) is 0 Å². The van der Waals surface area contributed by atoms with Crippen LogP contribution < -0.4 is 25.0 Å². The van der Waals surface area contributed by atoms with Crippen LogP contribution in [0.2, 0.25) is 5.02 Å². The number of hydrogen-bond donors (Lipinski definition) is 3. The van der Waals surface area contributed by atoms with Crippen LogP contribution in [0.25, 0.3) is 0 Å². The van der Waals surface area contributed by atoms with E-state index >= 15 is 0 Å². The first-order valence-electron chi connectivity index (χ1n) is 13.0. The molecule has 4 rings (SSSR count). The Kier molecular flexibility index (Phi) is 9.49. The van der Waals surface area contributed by atoms with Crippen LogP contribution >= 0.6 is 11.6 Å². The summed E-state index contributed by atoms with van der Waals surface area (Å²) in [5, 5.41) is 6.54. The highest BCUT2D eigenvalue weighted by Gasteiger charge is 2.20. The van der Waals surface area contributed by atoms with E-state index in [1.807, 2.05) is 32.9 Å². The van der Waals surface area contributed by atoms with Gasteiger partial charge in [-0.1, -0.05) is 37.6 Å². The molecule has 1 aliphatic heterocycles. The smallest absolute Gasteiger partial charge is 0.242 e. The van der Waals surface area contributed by atoms with Gasteiger partial charge in [0.25, 0.3) is 0 Å². The fourth-order valence-corrected chi connectivity index (χ4v) is 5.58. The summed E-state index contributed by atoms with van der Waals surface area (Å²) < 4.78 is 34.5. The summed E-state index contributed by atoms with van der Waals surface area (Å²) in [6, 6.07) is 12.6. The molecular weight excluding hydrogens is 538 g/mol. The Morgan fingerprint density at radius 2 is 1.79 bits per heavy atom. The summed E-state index contributed by atoms with van der Waals surface area (Å²) in [5.74, 6) is 1.41. The van der Waals surface area contributed by atoms with E-state index in [0.29, 0.717) is 30.3 Å². The molecule has 0 spiro atoms. The maximum Gasteiger partial charge on any atom is 0.242 e. The molecule has 0 amide bonds. The zero-order chi connectivity index (χ0) is 28.0. The lowest BCUT2D eigenvalue weighted by atomic mass is 10.2. The third-order valence-corrected chi connectivity index (χ3v) is 7.99. The maximum atomic E-state index is 12.9. The third-order valence-electron chi connectivity index (χ3n) is 6.24. The third kappa shape index (κ3) is 7.51. The molecule has 0 bridgehead atoms. The second-order valence-corrected chi connectivity index (χ2v) is 11.9. The van der Waals surface area contributed by atoms with Crippen molar-refractivity contribution in [3.63, 3.8) is 0 Å². The first-order chi connectivity index (χ1) is 18.7. The molecule has 3 aromatic rings. The molecule has 12 heteroatoms. The number of nitrogens with zero attached hydrogens (tertiary/aromatic N) is 4. The highest BCUT2D eigenvalue weighted by Crippen LogP contribution is 2.34. The molecule has 210 valence electrons. The van der Waals surface area contributed by atoms with Crippen molar-refractivity contribution in [1.82, 2.24) is 19.6 Å². The zero-order valence-corrected chi connectivity index (χ0v) is 24.3. The van der Waals surface area contributed by atoms with Crippen LogP contribution in [0.1, 0.15) is 20.8 Å². The molecule has 3 N–H and O–H groups in total. The van der Waals surface area contributed by atoms with Gasteiger partial charge in [-0.25, -0.2) is 18.1 Å². The molecule has 2 aromatic carbocycles. The van der Waals surface area contributed by atoms with E-state index in [-0.39, 0.29) is 27.6 Å². The number of aromatic nitrogens is 2. The second-order valence-electron chi connectivity index (χ2n) is 9.79. The van der Waals surface area contributed by atoms with Crippen molar-refractivity contribution in [2.75, 3.05) is 61.9 Å². The number of hydrogen-bond acceptors (Lipinski definition) is 9. The fourth-order valence-electron chi connectivity index (χ4n) is 4.07. The van der Waals surface area contributed by atoms with Gasteiger partial charge >= 0.3 is 0 Å². The van der Waals surface area contributed by atoms with Crippen LogP contribution in [0.5, 0.6) is 5.75 Å². The van der Waals surface area contributed by atoms with Gasteiger partial charge in [0, 0.05) is 44.5 Å². The van der Waals surface area contributed by atoms with Crippen molar-refractivity contribution in [3.05, 3.63) is 53.7 Å². The molecule has 39 heavy (non-hydrogen) atoms. The fraction of sp³-hybridized carbons (Fsp3) is 0.407. The van der Waals surface area contributed by atoms with Crippen molar-refractivity contribution >= 4 is 50.5 Å². The van der Waals surface area contributed by atoms with Gasteiger partial charge in [0.05, 0.1) is 24.2 Å². The molecule has 0 radical (unpaired) electrons. The normalized spacial score (nSPS) is 14.5. The number of rotatable bonds is 11. The lowest BCUT2D eigenvalue weighted by molar-refractivity contribution is 0.312. The van der Waals surface area contributed by atoms with Crippen LogP contribution in [0.15, 0.2) is 53.6 Å². The predicted octanol–water partition coefficient (Wildman–Crippen LogP) is 4.70. The molecule has 0 saturated carbocycles. The topological polar surface area (TPSA) is 112 Å². The first-order valence-corrected chi connectivity index (χ1v) is 14.9. The molecule has 1 aliphatic rings. The maximum absolute atomic E-state index is 12.9.